The molecule has 0 saturated carbocycles. The molecule has 0 atom stereocenters. The molecular formula is C7H7Cl2OS. The largest absolute Gasteiger partial charge is 0.379 e. The highest BCUT2D eigenvalue weighted by atomic mass is 35.5. The van der Waals surface area contributed by atoms with Crippen LogP contribution in [0.5, 0.6) is 0 Å². The molecule has 61 valence electrons. The molecule has 0 amide bonds. The fraction of sp³-hybridized carbons (Fsp3) is 0.286. The minimum Gasteiger partial charge on any atom is -0.379 e. The highest BCUT2D eigenvalue weighted by Gasteiger charge is 2.03. The van der Waals surface area contributed by atoms with Crippen LogP contribution in [-0.4, -0.2) is 6.61 Å². The summed E-state index contributed by atoms with van der Waals surface area (Å²) in [6.45, 7) is 0.604. The van der Waals surface area contributed by atoms with E-state index in [0.29, 0.717) is 16.0 Å². The fourth-order valence-electron chi connectivity index (χ4n) is 0.687. The molecule has 0 N–H and O–H groups in total. The normalized spacial score (nSPS) is 10.5. The quantitative estimate of drug-likeness (QED) is 0.742. The van der Waals surface area contributed by atoms with Gasteiger partial charge in [0.1, 0.15) is 4.34 Å². The summed E-state index contributed by atoms with van der Waals surface area (Å²) in [6.07, 6.45) is 0.820. The second-order valence-corrected chi connectivity index (χ2v) is 4.14. The Bertz CT molecular complexity index is 215. The van der Waals surface area contributed by atoms with E-state index in [0.717, 1.165) is 11.3 Å². The summed E-state index contributed by atoms with van der Waals surface area (Å²) in [5.41, 5.74) is 0. The van der Waals surface area contributed by atoms with Gasteiger partial charge in [0, 0.05) is 11.3 Å². The van der Waals surface area contributed by atoms with E-state index in [1.807, 2.05) is 6.07 Å². The van der Waals surface area contributed by atoms with Gasteiger partial charge in [0.25, 0.3) is 0 Å². The van der Waals surface area contributed by atoms with Gasteiger partial charge in [0.05, 0.1) is 18.7 Å². The molecule has 0 saturated heterocycles. The van der Waals surface area contributed by atoms with Crippen molar-refractivity contribution in [1.82, 2.24) is 0 Å². The summed E-state index contributed by atoms with van der Waals surface area (Å²) in [6, 6.07) is 1.85. The zero-order chi connectivity index (χ0) is 8.27. The third kappa shape index (κ3) is 2.64. The number of thiophene rings is 1. The van der Waals surface area contributed by atoms with Crippen molar-refractivity contribution in [2.75, 3.05) is 6.61 Å². The van der Waals surface area contributed by atoms with Gasteiger partial charge in [-0.3, -0.25) is 0 Å². The molecule has 0 unspecified atom stereocenters. The van der Waals surface area contributed by atoms with Crippen LogP contribution in [0.2, 0.25) is 9.36 Å². The highest BCUT2D eigenvalue weighted by Crippen LogP contribution is 2.31. The molecule has 11 heavy (non-hydrogen) atoms. The molecule has 4 heteroatoms. The first-order valence-electron chi connectivity index (χ1n) is 3.04. The average Bonchev–Trinajstić information content (AvgIpc) is 2.28. The average molecular weight is 210 g/mol. The second-order valence-electron chi connectivity index (χ2n) is 1.99. The number of hydrogen-bond acceptors (Lipinski definition) is 2. The monoisotopic (exact) mass is 209 g/mol. The first-order valence-corrected chi connectivity index (χ1v) is 4.62. The van der Waals surface area contributed by atoms with E-state index in [-0.39, 0.29) is 0 Å². The molecule has 1 aromatic rings. The van der Waals surface area contributed by atoms with Gasteiger partial charge >= 0.3 is 0 Å². The third-order valence-electron chi connectivity index (χ3n) is 1.19. The SMILES string of the molecule is [CH2]OCCc1cc(Cl)c(Cl)s1. The minimum absolute atomic E-state index is 0.604. The molecule has 0 spiro atoms. The van der Waals surface area contributed by atoms with E-state index in [9.17, 15) is 0 Å². The van der Waals surface area contributed by atoms with Gasteiger partial charge in [0.2, 0.25) is 0 Å². The zero-order valence-electron chi connectivity index (χ0n) is 5.77. The standard InChI is InChI=1S/C7H7Cl2OS/c1-10-3-2-5-4-6(8)7(9)11-5/h4H,1-3H2. The molecular weight excluding hydrogens is 203 g/mol. The predicted octanol–water partition coefficient (Wildman–Crippen LogP) is 3.41. The van der Waals surface area contributed by atoms with Crippen molar-refractivity contribution in [2.24, 2.45) is 0 Å². The summed E-state index contributed by atoms with van der Waals surface area (Å²) < 4.78 is 5.31. The molecule has 0 bridgehead atoms. The van der Waals surface area contributed by atoms with Crippen molar-refractivity contribution in [3.63, 3.8) is 0 Å². The smallest absolute Gasteiger partial charge is 0.112 e. The Morgan fingerprint density at radius 3 is 2.73 bits per heavy atom. The van der Waals surface area contributed by atoms with Crippen LogP contribution < -0.4 is 0 Å². The van der Waals surface area contributed by atoms with Crippen molar-refractivity contribution < 1.29 is 4.74 Å². The highest BCUT2D eigenvalue weighted by molar-refractivity contribution is 7.16. The molecule has 1 rings (SSSR count). The van der Waals surface area contributed by atoms with Gasteiger partial charge in [-0.2, -0.15) is 0 Å². The predicted molar refractivity (Wildman–Crippen MR) is 49.4 cm³/mol. The van der Waals surface area contributed by atoms with E-state index in [1.54, 1.807) is 0 Å². The molecule has 0 aliphatic carbocycles. The van der Waals surface area contributed by atoms with E-state index >= 15 is 0 Å². The Hall–Kier alpha value is 0.240. The van der Waals surface area contributed by atoms with Gasteiger partial charge in [-0.1, -0.05) is 23.2 Å². The lowest BCUT2D eigenvalue weighted by molar-refractivity contribution is 0.247. The van der Waals surface area contributed by atoms with Gasteiger partial charge in [0.15, 0.2) is 0 Å². The van der Waals surface area contributed by atoms with Crippen molar-refractivity contribution in [2.45, 2.75) is 6.42 Å². The lowest BCUT2D eigenvalue weighted by Gasteiger charge is -1.92. The topological polar surface area (TPSA) is 9.23 Å². The number of hydrogen-bond donors (Lipinski definition) is 0. The van der Waals surface area contributed by atoms with Crippen LogP contribution in [0.1, 0.15) is 4.88 Å². The Balaban J connectivity index is 2.58. The van der Waals surface area contributed by atoms with Crippen molar-refractivity contribution >= 4 is 34.5 Å². The Morgan fingerprint density at radius 2 is 2.27 bits per heavy atom. The van der Waals surface area contributed by atoms with Gasteiger partial charge in [-0.05, 0) is 6.07 Å². The fourth-order valence-corrected chi connectivity index (χ4v) is 2.10. The summed E-state index contributed by atoms with van der Waals surface area (Å²) in [5, 5.41) is 0.621. The van der Waals surface area contributed by atoms with E-state index in [4.69, 9.17) is 23.2 Å². The molecule has 0 aliphatic rings. The van der Waals surface area contributed by atoms with E-state index in [2.05, 4.69) is 11.8 Å². The van der Waals surface area contributed by atoms with Crippen molar-refractivity contribution in [3.05, 3.63) is 27.4 Å². The van der Waals surface area contributed by atoms with Gasteiger partial charge < -0.3 is 4.74 Å². The summed E-state index contributed by atoms with van der Waals surface area (Å²) in [5.74, 6) is 0. The van der Waals surface area contributed by atoms with Crippen LogP contribution in [-0.2, 0) is 11.2 Å². The van der Waals surface area contributed by atoms with Crippen LogP contribution in [0.3, 0.4) is 0 Å². The zero-order valence-corrected chi connectivity index (χ0v) is 8.10. The maximum atomic E-state index is 5.74. The molecule has 0 aliphatic heterocycles. The molecule has 1 heterocycles. The Kier molecular flexibility index (Phi) is 3.66. The van der Waals surface area contributed by atoms with Crippen molar-refractivity contribution in [3.8, 4) is 0 Å². The summed E-state index contributed by atoms with van der Waals surface area (Å²) in [4.78, 5) is 1.13. The van der Waals surface area contributed by atoms with Crippen LogP contribution in [0, 0.1) is 7.11 Å². The first-order chi connectivity index (χ1) is 5.24. The molecule has 1 aromatic heterocycles. The van der Waals surface area contributed by atoms with E-state index < -0.39 is 0 Å². The van der Waals surface area contributed by atoms with E-state index in [1.165, 1.54) is 11.3 Å². The molecule has 0 fully saturated rings. The molecule has 0 aromatic carbocycles. The molecule has 1 nitrogen and oxygen atoms in total. The maximum absolute atomic E-state index is 5.74. The minimum atomic E-state index is 0.604. The number of halogens is 2. The van der Waals surface area contributed by atoms with Crippen LogP contribution in [0.25, 0.3) is 0 Å². The second kappa shape index (κ2) is 4.31. The number of rotatable bonds is 3. The lowest BCUT2D eigenvalue weighted by Crippen LogP contribution is -1.88. The van der Waals surface area contributed by atoms with Crippen LogP contribution >= 0.6 is 34.5 Å². The summed E-state index contributed by atoms with van der Waals surface area (Å²) in [7, 11) is 3.27. The maximum Gasteiger partial charge on any atom is 0.112 e. The Labute approximate surface area is 79.9 Å². The molecule has 1 radical (unpaired) electrons. The lowest BCUT2D eigenvalue weighted by atomic mass is 10.4. The van der Waals surface area contributed by atoms with Gasteiger partial charge in [-0.25, -0.2) is 0 Å². The number of ether oxygens (including phenoxy) is 1. The first kappa shape index (κ1) is 9.33. The third-order valence-corrected chi connectivity index (χ3v) is 3.11. The van der Waals surface area contributed by atoms with Crippen LogP contribution in [0.4, 0.5) is 0 Å². The van der Waals surface area contributed by atoms with Crippen molar-refractivity contribution in [1.29, 1.82) is 0 Å². The Morgan fingerprint density at radius 1 is 1.55 bits per heavy atom. The summed E-state index contributed by atoms with van der Waals surface area (Å²) >= 11 is 12.9. The van der Waals surface area contributed by atoms with Crippen LogP contribution in [0.15, 0.2) is 6.07 Å². The van der Waals surface area contributed by atoms with Gasteiger partial charge in [-0.15, -0.1) is 11.3 Å².